The second kappa shape index (κ2) is 5.10. The van der Waals surface area contributed by atoms with Gasteiger partial charge in [-0.2, -0.15) is 0 Å². The van der Waals surface area contributed by atoms with Crippen molar-refractivity contribution in [2.75, 3.05) is 6.54 Å². The summed E-state index contributed by atoms with van der Waals surface area (Å²) in [6.45, 7) is 0.0221. The molecular formula is C14H13N3O4. The standard InChI is InChI=1S/C14H13N3O4/c18-9-6-12(14(20)21)17(7-9)13(19)8-1-2-10-11(5-8)16-4-3-15-10/h1-5,9,12,18H,6-7H2,(H,20,21)/t9?,12-/m0/s1. The highest BCUT2D eigenvalue weighted by molar-refractivity contribution is 5.99. The fourth-order valence-electron chi connectivity index (χ4n) is 2.53. The van der Waals surface area contributed by atoms with Crippen molar-refractivity contribution in [3.8, 4) is 0 Å². The predicted octanol–water partition coefficient (Wildman–Crippen LogP) is 0.290. The third-order valence-corrected chi connectivity index (χ3v) is 3.54. The highest BCUT2D eigenvalue weighted by Crippen LogP contribution is 2.22. The largest absolute Gasteiger partial charge is 0.480 e. The molecular weight excluding hydrogens is 274 g/mol. The lowest BCUT2D eigenvalue weighted by Gasteiger charge is -2.21. The first kappa shape index (κ1) is 13.4. The molecule has 1 aromatic heterocycles. The molecule has 1 aliphatic heterocycles. The molecule has 1 unspecified atom stereocenters. The molecule has 2 N–H and O–H groups in total. The highest BCUT2D eigenvalue weighted by atomic mass is 16.4. The number of rotatable bonds is 2. The van der Waals surface area contributed by atoms with Crippen molar-refractivity contribution in [1.82, 2.24) is 14.9 Å². The molecule has 0 bridgehead atoms. The zero-order valence-corrected chi connectivity index (χ0v) is 11.0. The molecule has 0 radical (unpaired) electrons. The molecule has 1 aliphatic rings. The Kier molecular flexibility index (Phi) is 3.26. The number of hydrogen-bond donors (Lipinski definition) is 2. The van der Waals surface area contributed by atoms with Gasteiger partial charge in [-0.15, -0.1) is 0 Å². The van der Waals surface area contributed by atoms with Crippen molar-refractivity contribution in [1.29, 1.82) is 0 Å². The molecule has 0 aliphatic carbocycles. The Morgan fingerprint density at radius 3 is 2.62 bits per heavy atom. The van der Waals surface area contributed by atoms with Gasteiger partial charge in [0.25, 0.3) is 5.91 Å². The number of carbonyl (C=O) groups excluding carboxylic acids is 1. The van der Waals surface area contributed by atoms with Crippen molar-refractivity contribution in [3.05, 3.63) is 36.2 Å². The van der Waals surface area contributed by atoms with Gasteiger partial charge in [-0.1, -0.05) is 0 Å². The Hall–Kier alpha value is -2.54. The summed E-state index contributed by atoms with van der Waals surface area (Å²) in [7, 11) is 0. The SMILES string of the molecule is O=C(O)[C@@H]1CC(O)CN1C(=O)c1ccc2nccnc2c1. The minimum Gasteiger partial charge on any atom is -0.480 e. The second-order valence-electron chi connectivity index (χ2n) is 4.96. The van der Waals surface area contributed by atoms with Gasteiger partial charge in [0.05, 0.1) is 17.1 Å². The minimum atomic E-state index is -1.11. The van der Waals surface area contributed by atoms with Crippen LogP contribution in [0.4, 0.5) is 0 Å². The molecule has 2 heterocycles. The Labute approximate surface area is 119 Å². The van der Waals surface area contributed by atoms with E-state index in [4.69, 9.17) is 5.11 Å². The van der Waals surface area contributed by atoms with Gasteiger partial charge in [-0.05, 0) is 18.2 Å². The molecule has 0 saturated carbocycles. The van der Waals surface area contributed by atoms with Crippen LogP contribution in [-0.2, 0) is 4.79 Å². The fraction of sp³-hybridized carbons (Fsp3) is 0.286. The summed E-state index contributed by atoms with van der Waals surface area (Å²) in [5.41, 5.74) is 1.56. The third kappa shape index (κ3) is 2.43. The molecule has 0 spiro atoms. The van der Waals surface area contributed by atoms with Gasteiger partial charge < -0.3 is 15.1 Å². The lowest BCUT2D eigenvalue weighted by molar-refractivity contribution is -0.141. The highest BCUT2D eigenvalue weighted by Gasteiger charge is 2.39. The van der Waals surface area contributed by atoms with Crippen molar-refractivity contribution >= 4 is 22.9 Å². The van der Waals surface area contributed by atoms with Crippen molar-refractivity contribution in [2.45, 2.75) is 18.6 Å². The molecule has 1 aromatic carbocycles. The number of aliphatic hydroxyl groups excluding tert-OH is 1. The summed E-state index contributed by atoms with van der Waals surface area (Å²) in [6.07, 6.45) is 2.32. The van der Waals surface area contributed by atoms with E-state index >= 15 is 0 Å². The van der Waals surface area contributed by atoms with E-state index in [-0.39, 0.29) is 13.0 Å². The van der Waals surface area contributed by atoms with E-state index in [1.165, 1.54) is 11.1 Å². The molecule has 7 nitrogen and oxygen atoms in total. The van der Waals surface area contributed by atoms with E-state index in [9.17, 15) is 14.7 Å². The van der Waals surface area contributed by atoms with Gasteiger partial charge in [0.1, 0.15) is 6.04 Å². The topological polar surface area (TPSA) is 104 Å². The van der Waals surface area contributed by atoms with Crippen molar-refractivity contribution < 1.29 is 19.8 Å². The van der Waals surface area contributed by atoms with E-state index in [1.54, 1.807) is 24.4 Å². The molecule has 2 aromatic rings. The van der Waals surface area contributed by atoms with Crippen molar-refractivity contribution in [3.63, 3.8) is 0 Å². The quantitative estimate of drug-likeness (QED) is 0.822. The van der Waals surface area contributed by atoms with Gasteiger partial charge in [0.15, 0.2) is 0 Å². The molecule has 1 amide bonds. The number of aromatic nitrogens is 2. The number of likely N-dealkylation sites (tertiary alicyclic amines) is 1. The van der Waals surface area contributed by atoms with Crippen LogP contribution in [0, 0.1) is 0 Å². The Morgan fingerprint density at radius 1 is 1.19 bits per heavy atom. The number of fused-ring (bicyclic) bond motifs is 1. The monoisotopic (exact) mass is 287 g/mol. The van der Waals surface area contributed by atoms with E-state index in [0.29, 0.717) is 16.6 Å². The summed E-state index contributed by atoms with van der Waals surface area (Å²) in [5, 5.41) is 18.7. The van der Waals surface area contributed by atoms with Crippen LogP contribution in [0.15, 0.2) is 30.6 Å². The number of carbonyl (C=O) groups is 2. The van der Waals surface area contributed by atoms with Crippen LogP contribution in [0.25, 0.3) is 11.0 Å². The second-order valence-corrected chi connectivity index (χ2v) is 4.96. The van der Waals surface area contributed by atoms with Crippen molar-refractivity contribution in [2.24, 2.45) is 0 Å². The predicted molar refractivity (Wildman–Crippen MR) is 72.6 cm³/mol. The molecule has 1 fully saturated rings. The number of hydrogen-bond acceptors (Lipinski definition) is 5. The molecule has 3 rings (SSSR count). The third-order valence-electron chi connectivity index (χ3n) is 3.54. The normalized spacial score (nSPS) is 21.7. The summed E-state index contributed by atoms with van der Waals surface area (Å²) in [4.78, 5) is 33.1. The first-order valence-electron chi connectivity index (χ1n) is 6.49. The van der Waals surface area contributed by atoms with Crippen LogP contribution in [0.3, 0.4) is 0 Å². The number of nitrogens with zero attached hydrogens (tertiary/aromatic N) is 3. The Balaban J connectivity index is 1.94. The number of aliphatic carboxylic acids is 1. The average molecular weight is 287 g/mol. The van der Waals surface area contributed by atoms with Crippen LogP contribution in [0.5, 0.6) is 0 Å². The maximum Gasteiger partial charge on any atom is 0.326 e. The molecule has 2 atom stereocenters. The smallest absolute Gasteiger partial charge is 0.326 e. The first-order chi connectivity index (χ1) is 10.1. The molecule has 1 saturated heterocycles. The van der Waals surface area contributed by atoms with Gasteiger partial charge >= 0.3 is 5.97 Å². The van der Waals surface area contributed by atoms with Crippen LogP contribution < -0.4 is 0 Å². The Bertz CT molecular complexity index is 718. The maximum atomic E-state index is 12.5. The van der Waals surface area contributed by atoms with Crippen LogP contribution in [-0.4, -0.2) is 55.6 Å². The zero-order chi connectivity index (χ0) is 15.0. The number of aliphatic hydroxyl groups is 1. The number of benzene rings is 1. The number of β-amino-alcohol motifs (C(OH)–C–C–N with tert-alkyl or cyclic N) is 1. The lowest BCUT2D eigenvalue weighted by Crippen LogP contribution is -2.40. The van der Waals surface area contributed by atoms with E-state index in [2.05, 4.69) is 9.97 Å². The van der Waals surface area contributed by atoms with Gasteiger partial charge in [0, 0.05) is 30.9 Å². The van der Waals surface area contributed by atoms with Gasteiger partial charge in [-0.25, -0.2) is 4.79 Å². The lowest BCUT2D eigenvalue weighted by atomic mass is 10.1. The summed E-state index contributed by atoms with van der Waals surface area (Å²) in [6, 6.07) is 3.83. The number of amides is 1. The molecule has 21 heavy (non-hydrogen) atoms. The van der Waals surface area contributed by atoms with E-state index in [0.717, 1.165) is 0 Å². The van der Waals surface area contributed by atoms with Crippen LogP contribution in [0.1, 0.15) is 16.8 Å². The fourth-order valence-corrected chi connectivity index (χ4v) is 2.53. The number of carboxylic acids is 1. The van der Waals surface area contributed by atoms with Gasteiger partial charge in [-0.3, -0.25) is 14.8 Å². The van der Waals surface area contributed by atoms with Crippen LogP contribution >= 0.6 is 0 Å². The summed E-state index contributed by atoms with van der Waals surface area (Å²) >= 11 is 0. The molecule has 7 heteroatoms. The summed E-state index contributed by atoms with van der Waals surface area (Å²) < 4.78 is 0. The van der Waals surface area contributed by atoms with E-state index in [1.807, 2.05) is 0 Å². The maximum absolute atomic E-state index is 12.5. The zero-order valence-electron chi connectivity index (χ0n) is 11.0. The van der Waals surface area contributed by atoms with E-state index < -0.39 is 24.0 Å². The number of carboxylic acid groups (broad SMARTS) is 1. The molecule has 108 valence electrons. The van der Waals surface area contributed by atoms with Gasteiger partial charge in [0.2, 0.25) is 0 Å². The van der Waals surface area contributed by atoms with Crippen LogP contribution in [0.2, 0.25) is 0 Å². The first-order valence-corrected chi connectivity index (χ1v) is 6.49. The average Bonchev–Trinajstić information content (AvgIpc) is 2.88. The Morgan fingerprint density at radius 2 is 1.90 bits per heavy atom. The minimum absolute atomic E-state index is 0.0221. The summed E-state index contributed by atoms with van der Waals surface area (Å²) in [5.74, 6) is -1.54.